The standard InChI is InChI=1S/C12H15N5O3S/c1-8-11(7-14-15-8)21(19,20)17(2)10-5-3-4-9(6-10)12(13)16-18/h3-7,18H,1-2H3,(H2,13,16)(H,14,15). The number of aromatic nitrogens is 2. The van der Waals surface area contributed by atoms with E-state index in [0.29, 0.717) is 16.9 Å². The van der Waals surface area contributed by atoms with Crippen molar-refractivity contribution in [3.63, 3.8) is 0 Å². The summed E-state index contributed by atoms with van der Waals surface area (Å²) in [6.45, 7) is 1.63. The lowest BCUT2D eigenvalue weighted by Gasteiger charge is -2.19. The Morgan fingerprint density at radius 2 is 2.19 bits per heavy atom. The molecule has 9 heteroatoms. The van der Waals surface area contributed by atoms with Crippen molar-refractivity contribution in [2.75, 3.05) is 11.4 Å². The first-order chi connectivity index (χ1) is 9.87. The average molecular weight is 309 g/mol. The summed E-state index contributed by atoms with van der Waals surface area (Å²) in [6.07, 6.45) is 1.26. The molecule has 0 aliphatic carbocycles. The van der Waals surface area contributed by atoms with Crippen molar-refractivity contribution in [3.05, 3.63) is 41.7 Å². The number of aryl methyl sites for hydroxylation is 1. The summed E-state index contributed by atoms with van der Waals surface area (Å²) in [4.78, 5) is 0.0965. The van der Waals surface area contributed by atoms with Crippen molar-refractivity contribution in [3.8, 4) is 0 Å². The van der Waals surface area contributed by atoms with E-state index in [0.717, 1.165) is 4.31 Å². The molecule has 0 spiro atoms. The zero-order valence-electron chi connectivity index (χ0n) is 11.5. The van der Waals surface area contributed by atoms with Gasteiger partial charge in [0, 0.05) is 12.6 Å². The highest BCUT2D eigenvalue weighted by atomic mass is 32.2. The molecule has 0 unspecified atom stereocenters. The van der Waals surface area contributed by atoms with Crippen LogP contribution in [0.5, 0.6) is 0 Å². The van der Waals surface area contributed by atoms with Crippen LogP contribution in [-0.2, 0) is 10.0 Å². The number of benzene rings is 1. The van der Waals surface area contributed by atoms with Crippen LogP contribution in [-0.4, -0.2) is 36.7 Å². The van der Waals surface area contributed by atoms with Gasteiger partial charge in [-0.2, -0.15) is 5.10 Å². The molecule has 4 N–H and O–H groups in total. The highest BCUT2D eigenvalue weighted by Gasteiger charge is 2.24. The lowest BCUT2D eigenvalue weighted by molar-refractivity contribution is 0.318. The molecule has 0 aliphatic rings. The summed E-state index contributed by atoms with van der Waals surface area (Å²) in [5.41, 5.74) is 6.77. The third kappa shape index (κ3) is 2.68. The van der Waals surface area contributed by atoms with E-state index < -0.39 is 10.0 Å². The molecular weight excluding hydrogens is 294 g/mol. The zero-order valence-corrected chi connectivity index (χ0v) is 12.3. The molecular formula is C12H15N5O3S. The number of nitrogens with two attached hydrogens (primary N) is 1. The van der Waals surface area contributed by atoms with Crippen LogP contribution in [0.1, 0.15) is 11.3 Å². The molecule has 1 heterocycles. The second-order valence-electron chi connectivity index (χ2n) is 4.37. The van der Waals surface area contributed by atoms with Crippen molar-refractivity contribution in [2.24, 2.45) is 10.9 Å². The van der Waals surface area contributed by atoms with Gasteiger partial charge in [-0.1, -0.05) is 17.3 Å². The van der Waals surface area contributed by atoms with Gasteiger partial charge in [0.05, 0.1) is 17.6 Å². The van der Waals surface area contributed by atoms with E-state index in [9.17, 15) is 8.42 Å². The molecule has 2 rings (SSSR count). The van der Waals surface area contributed by atoms with E-state index >= 15 is 0 Å². The number of hydrogen-bond donors (Lipinski definition) is 3. The average Bonchev–Trinajstić information content (AvgIpc) is 2.92. The number of anilines is 1. The number of hydrogen-bond acceptors (Lipinski definition) is 5. The topological polar surface area (TPSA) is 125 Å². The van der Waals surface area contributed by atoms with E-state index in [1.165, 1.54) is 19.3 Å². The van der Waals surface area contributed by atoms with Gasteiger partial charge in [-0.25, -0.2) is 8.42 Å². The van der Waals surface area contributed by atoms with E-state index in [1.54, 1.807) is 25.1 Å². The number of nitrogens with one attached hydrogen (secondary N) is 1. The van der Waals surface area contributed by atoms with Crippen molar-refractivity contribution in [1.29, 1.82) is 0 Å². The predicted molar refractivity (Wildman–Crippen MR) is 77.9 cm³/mol. The SMILES string of the molecule is Cc1[nH]ncc1S(=O)(=O)N(C)c1cccc(C(N)=NO)c1. The molecule has 21 heavy (non-hydrogen) atoms. The second-order valence-corrected chi connectivity index (χ2v) is 6.31. The van der Waals surface area contributed by atoms with Crippen LogP contribution in [0.3, 0.4) is 0 Å². The van der Waals surface area contributed by atoms with Crippen LogP contribution in [0.25, 0.3) is 0 Å². The van der Waals surface area contributed by atoms with E-state index in [-0.39, 0.29) is 10.7 Å². The summed E-state index contributed by atoms with van der Waals surface area (Å²) >= 11 is 0. The molecule has 0 atom stereocenters. The lowest BCUT2D eigenvalue weighted by atomic mass is 10.2. The lowest BCUT2D eigenvalue weighted by Crippen LogP contribution is -2.27. The van der Waals surface area contributed by atoms with Crippen LogP contribution in [0.2, 0.25) is 0 Å². The van der Waals surface area contributed by atoms with E-state index in [4.69, 9.17) is 10.9 Å². The molecule has 1 aromatic carbocycles. The summed E-state index contributed by atoms with van der Waals surface area (Å²) < 4.78 is 26.2. The molecule has 0 bridgehead atoms. The summed E-state index contributed by atoms with van der Waals surface area (Å²) in [7, 11) is -2.31. The first kappa shape index (κ1) is 14.9. The Labute approximate surface area is 121 Å². The maximum atomic E-state index is 12.5. The number of rotatable bonds is 4. The highest BCUT2D eigenvalue weighted by Crippen LogP contribution is 2.23. The molecule has 0 saturated heterocycles. The predicted octanol–water partition coefficient (Wildman–Crippen LogP) is 0.638. The van der Waals surface area contributed by atoms with Crippen LogP contribution >= 0.6 is 0 Å². The van der Waals surface area contributed by atoms with Crippen LogP contribution in [0.4, 0.5) is 5.69 Å². The fourth-order valence-corrected chi connectivity index (χ4v) is 3.11. The second kappa shape index (κ2) is 5.44. The number of sulfonamides is 1. The zero-order chi connectivity index (χ0) is 15.6. The number of nitrogens with zero attached hydrogens (tertiary/aromatic N) is 3. The molecule has 0 aliphatic heterocycles. The monoisotopic (exact) mass is 309 g/mol. The van der Waals surface area contributed by atoms with Gasteiger partial charge in [0.1, 0.15) is 4.90 Å². The maximum Gasteiger partial charge on any atom is 0.267 e. The quantitative estimate of drug-likeness (QED) is 0.331. The van der Waals surface area contributed by atoms with Crippen molar-refractivity contribution in [2.45, 2.75) is 11.8 Å². The maximum absolute atomic E-state index is 12.5. The van der Waals surface area contributed by atoms with Gasteiger partial charge in [0.2, 0.25) is 0 Å². The van der Waals surface area contributed by atoms with Gasteiger partial charge in [-0.3, -0.25) is 9.40 Å². The summed E-state index contributed by atoms with van der Waals surface area (Å²) in [5, 5.41) is 17.9. The van der Waals surface area contributed by atoms with Crippen molar-refractivity contribution in [1.82, 2.24) is 10.2 Å². The minimum atomic E-state index is -3.73. The Kier molecular flexibility index (Phi) is 3.85. The first-order valence-electron chi connectivity index (χ1n) is 5.94. The Balaban J connectivity index is 2.45. The fraction of sp³-hybridized carbons (Fsp3) is 0.167. The Morgan fingerprint density at radius 3 is 2.76 bits per heavy atom. The highest BCUT2D eigenvalue weighted by molar-refractivity contribution is 7.92. The number of H-pyrrole nitrogens is 1. The van der Waals surface area contributed by atoms with Gasteiger partial charge in [0.25, 0.3) is 10.0 Å². The molecule has 1 aromatic heterocycles. The minimum Gasteiger partial charge on any atom is -0.409 e. The van der Waals surface area contributed by atoms with E-state index in [1.807, 2.05) is 0 Å². The van der Waals surface area contributed by atoms with Gasteiger partial charge in [-0.15, -0.1) is 0 Å². The third-order valence-corrected chi connectivity index (χ3v) is 4.93. The molecule has 0 amide bonds. The normalized spacial score (nSPS) is 12.4. The smallest absolute Gasteiger partial charge is 0.267 e. The molecule has 0 saturated carbocycles. The largest absolute Gasteiger partial charge is 0.409 e. The molecule has 0 radical (unpaired) electrons. The molecule has 2 aromatic rings. The van der Waals surface area contributed by atoms with Gasteiger partial charge >= 0.3 is 0 Å². The van der Waals surface area contributed by atoms with Crippen LogP contribution in [0, 0.1) is 6.92 Å². The Hall–Kier alpha value is -2.55. The minimum absolute atomic E-state index is 0.0952. The number of aromatic amines is 1. The van der Waals surface area contributed by atoms with Gasteiger partial charge in [-0.05, 0) is 19.1 Å². The third-order valence-electron chi connectivity index (χ3n) is 3.04. The molecule has 0 fully saturated rings. The van der Waals surface area contributed by atoms with Crippen LogP contribution in [0.15, 0.2) is 40.5 Å². The van der Waals surface area contributed by atoms with Crippen molar-refractivity contribution >= 4 is 21.5 Å². The number of oxime groups is 1. The first-order valence-corrected chi connectivity index (χ1v) is 7.39. The molecule has 8 nitrogen and oxygen atoms in total. The molecule has 112 valence electrons. The fourth-order valence-electron chi connectivity index (χ4n) is 1.80. The Morgan fingerprint density at radius 1 is 1.48 bits per heavy atom. The van der Waals surface area contributed by atoms with Crippen molar-refractivity contribution < 1.29 is 13.6 Å². The Bertz CT molecular complexity index is 782. The summed E-state index contributed by atoms with van der Waals surface area (Å²) in [6, 6.07) is 6.36. The van der Waals surface area contributed by atoms with Crippen LogP contribution < -0.4 is 10.0 Å². The number of amidine groups is 1. The van der Waals surface area contributed by atoms with E-state index in [2.05, 4.69) is 15.4 Å². The summed E-state index contributed by atoms with van der Waals surface area (Å²) in [5.74, 6) is -0.0952. The van der Waals surface area contributed by atoms with Gasteiger partial charge < -0.3 is 10.9 Å². The van der Waals surface area contributed by atoms with Gasteiger partial charge in [0.15, 0.2) is 5.84 Å².